The van der Waals surface area contributed by atoms with Crippen LogP contribution in [0, 0.1) is 0 Å². The normalized spacial score (nSPS) is 11.3. The van der Waals surface area contributed by atoms with Gasteiger partial charge < -0.3 is 0 Å². The molecule has 0 aliphatic heterocycles. The molecular weight excluding hydrogens is 452 g/mol. The van der Waals surface area contributed by atoms with Crippen molar-refractivity contribution in [1.29, 1.82) is 0 Å². The van der Waals surface area contributed by atoms with E-state index in [2.05, 4.69) is 114 Å². The molecule has 2 heteroatoms. The van der Waals surface area contributed by atoms with Gasteiger partial charge >= 0.3 is 156 Å². The molecule has 23 heavy (non-hydrogen) atoms. The molecule has 0 bridgehead atoms. The molecule has 0 heterocycles. The van der Waals surface area contributed by atoms with Crippen molar-refractivity contribution in [2.45, 2.75) is 11.7 Å². The minimum atomic E-state index is -2.61. The molecule has 116 valence electrons. The van der Waals surface area contributed by atoms with Gasteiger partial charge in [-0.2, -0.15) is 0 Å². The van der Waals surface area contributed by atoms with Gasteiger partial charge in [0.15, 0.2) is 0 Å². The molecule has 0 aliphatic rings. The summed E-state index contributed by atoms with van der Waals surface area (Å²) in [5.74, 6) is 0. The predicted molar refractivity (Wildman–Crippen MR) is 112 cm³/mol. The molecule has 0 saturated carbocycles. The first-order chi connectivity index (χ1) is 11.4. The Hall–Kier alpha value is -1.07. The van der Waals surface area contributed by atoms with Crippen molar-refractivity contribution < 1.29 is 0 Å². The van der Waals surface area contributed by atoms with E-state index in [0.29, 0.717) is 0 Å². The molecule has 0 amide bonds. The summed E-state index contributed by atoms with van der Waals surface area (Å²) in [6, 6.07) is 33.7. The molecule has 3 aromatic rings. The van der Waals surface area contributed by atoms with Gasteiger partial charge in [-0.1, -0.05) is 0 Å². The third kappa shape index (κ3) is 3.56. The van der Waals surface area contributed by atoms with Gasteiger partial charge in [0.25, 0.3) is 0 Å². The van der Waals surface area contributed by atoms with Crippen LogP contribution in [-0.2, 0) is 0 Å². The minimum absolute atomic E-state index is 1.22. The van der Waals surface area contributed by atoms with Crippen LogP contribution >= 0.6 is 22.6 Å². The average Bonchev–Trinajstić information content (AvgIpc) is 2.65. The maximum absolute atomic E-state index is 2.61. The molecule has 0 nitrogen and oxygen atoms in total. The number of rotatable bonds is 6. The average molecular weight is 473 g/mol. The third-order valence-corrected chi connectivity index (χ3v) is 15.9. The van der Waals surface area contributed by atoms with Crippen molar-refractivity contribution in [1.82, 2.24) is 0 Å². The summed E-state index contributed by atoms with van der Waals surface area (Å²) in [5.41, 5.74) is 0. The zero-order chi connectivity index (χ0) is 16.0. The van der Waals surface area contributed by atoms with Crippen LogP contribution < -0.4 is 13.2 Å². The molecule has 3 aromatic carbocycles. The van der Waals surface area contributed by atoms with E-state index in [-0.39, 0.29) is 0 Å². The van der Waals surface area contributed by atoms with Gasteiger partial charge in [-0.3, -0.25) is 0 Å². The predicted octanol–water partition coefficient (Wildman–Crippen LogP) is 3.98. The first-order valence-electron chi connectivity index (χ1n) is 8.10. The van der Waals surface area contributed by atoms with E-state index < -0.39 is 13.3 Å². The molecule has 3 rings (SSSR count). The van der Waals surface area contributed by atoms with E-state index in [9.17, 15) is 0 Å². The summed E-state index contributed by atoms with van der Waals surface area (Å²) >= 11 is -0.0903. The quantitative estimate of drug-likeness (QED) is 0.289. The van der Waals surface area contributed by atoms with E-state index >= 15 is 0 Å². The number of hydrogen-bond donors (Lipinski definition) is 0. The summed E-state index contributed by atoms with van der Waals surface area (Å²) < 4.78 is 5.91. The summed E-state index contributed by atoms with van der Waals surface area (Å²) in [6.45, 7) is 0. The fourth-order valence-electron chi connectivity index (χ4n) is 3.43. The summed E-state index contributed by atoms with van der Waals surface area (Å²) in [7, 11) is 0. The SMILES string of the molecule is ICC[CH2][Ge]([c]1ccccc1)([c]1ccccc1)[c]1ccccc1. The van der Waals surface area contributed by atoms with Crippen LogP contribution in [-0.4, -0.2) is 17.7 Å². The van der Waals surface area contributed by atoms with Crippen LogP contribution in [0.2, 0.25) is 5.25 Å². The topological polar surface area (TPSA) is 0 Å². The van der Waals surface area contributed by atoms with Crippen molar-refractivity contribution in [2.75, 3.05) is 4.43 Å². The van der Waals surface area contributed by atoms with Crippen LogP contribution in [0.15, 0.2) is 91.0 Å². The van der Waals surface area contributed by atoms with E-state index in [4.69, 9.17) is 0 Å². The molecular formula is C21H21GeI. The van der Waals surface area contributed by atoms with Gasteiger partial charge in [0.1, 0.15) is 0 Å². The second kappa shape index (κ2) is 8.16. The van der Waals surface area contributed by atoms with Crippen LogP contribution in [0.5, 0.6) is 0 Å². The second-order valence-electron chi connectivity index (χ2n) is 5.80. The summed E-state index contributed by atoms with van der Waals surface area (Å²) in [4.78, 5) is 0. The van der Waals surface area contributed by atoms with E-state index in [1.54, 1.807) is 13.2 Å². The molecule has 0 fully saturated rings. The zero-order valence-electron chi connectivity index (χ0n) is 13.2. The Morgan fingerprint density at radius 1 is 0.565 bits per heavy atom. The van der Waals surface area contributed by atoms with Crippen molar-refractivity contribution in [3.63, 3.8) is 0 Å². The fraction of sp³-hybridized carbons (Fsp3) is 0.143. The Bertz CT molecular complexity index is 614. The summed E-state index contributed by atoms with van der Waals surface area (Å²) in [6.07, 6.45) is 1.28. The Morgan fingerprint density at radius 3 is 1.22 bits per heavy atom. The van der Waals surface area contributed by atoms with Crippen molar-refractivity contribution in [3.8, 4) is 0 Å². The second-order valence-corrected chi connectivity index (χ2v) is 15.4. The van der Waals surface area contributed by atoms with Crippen molar-refractivity contribution in [3.05, 3.63) is 91.0 Å². The van der Waals surface area contributed by atoms with Crippen LogP contribution in [0.25, 0.3) is 0 Å². The molecule has 0 aromatic heterocycles. The van der Waals surface area contributed by atoms with Crippen molar-refractivity contribution >= 4 is 49.0 Å². The van der Waals surface area contributed by atoms with E-state index in [0.717, 1.165) is 0 Å². The number of halogens is 1. The standard InChI is InChI=1S/C21H21GeI/c23-18-10-17-22(19-11-4-1-5-12-19,20-13-6-2-7-14-20)21-15-8-3-9-16-21/h1-9,11-16H,10,17-18H2. The molecule has 0 radical (unpaired) electrons. The molecule has 0 atom stereocenters. The Kier molecular flexibility index (Phi) is 5.95. The Morgan fingerprint density at radius 2 is 0.913 bits per heavy atom. The molecule has 0 unspecified atom stereocenters. The molecule has 0 N–H and O–H groups in total. The van der Waals surface area contributed by atoms with Gasteiger partial charge in [0.05, 0.1) is 0 Å². The fourth-order valence-corrected chi connectivity index (χ4v) is 15.5. The Balaban J connectivity index is 2.25. The van der Waals surface area contributed by atoms with Crippen molar-refractivity contribution in [2.24, 2.45) is 0 Å². The summed E-state index contributed by atoms with van der Waals surface area (Å²) in [5, 5.41) is 1.31. The maximum atomic E-state index is 2.52. The van der Waals surface area contributed by atoms with Gasteiger partial charge in [-0.05, 0) is 0 Å². The zero-order valence-corrected chi connectivity index (χ0v) is 17.4. The third-order valence-electron chi connectivity index (χ3n) is 4.49. The van der Waals surface area contributed by atoms with Gasteiger partial charge in [-0.15, -0.1) is 0 Å². The first-order valence-corrected chi connectivity index (χ1v) is 14.3. The van der Waals surface area contributed by atoms with Gasteiger partial charge in [-0.25, -0.2) is 0 Å². The monoisotopic (exact) mass is 474 g/mol. The van der Waals surface area contributed by atoms with E-state index in [1.165, 1.54) is 16.1 Å². The number of alkyl halides is 1. The molecule has 0 spiro atoms. The number of hydrogen-bond acceptors (Lipinski definition) is 0. The molecule has 0 aliphatic carbocycles. The first kappa shape index (κ1) is 16.8. The van der Waals surface area contributed by atoms with Crippen LogP contribution in [0.1, 0.15) is 6.42 Å². The van der Waals surface area contributed by atoms with Gasteiger partial charge in [0.2, 0.25) is 0 Å². The molecule has 0 saturated heterocycles. The van der Waals surface area contributed by atoms with Crippen LogP contribution in [0.3, 0.4) is 0 Å². The van der Waals surface area contributed by atoms with Gasteiger partial charge in [0, 0.05) is 0 Å². The Labute approximate surface area is 155 Å². The van der Waals surface area contributed by atoms with Crippen LogP contribution in [0.4, 0.5) is 0 Å². The number of benzene rings is 3. The van der Waals surface area contributed by atoms with E-state index in [1.807, 2.05) is 0 Å².